The minimum Gasteiger partial charge on any atom is -0.358 e. The van der Waals surface area contributed by atoms with Crippen LogP contribution in [0.1, 0.15) is 11.1 Å². The molecule has 1 aromatic rings. The number of nitrogens with one attached hydrogen (secondary N) is 4. The summed E-state index contributed by atoms with van der Waals surface area (Å²) >= 11 is 10.1. The first-order valence-electron chi connectivity index (χ1n) is 7.11. The first kappa shape index (κ1) is 19.5. The van der Waals surface area contributed by atoms with Crippen molar-refractivity contribution in [1.29, 1.82) is 0 Å². The lowest BCUT2D eigenvalue weighted by Crippen LogP contribution is -2.32. The summed E-state index contributed by atoms with van der Waals surface area (Å²) in [5.41, 5.74) is 7.27. The summed E-state index contributed by atoms with van der Waals surface area (Å²) in [6.45, 7) is 8.37. The largest absolute Gasteiger partial charge is 0.358 e. The predicted octanol–water partition coefficient (Wildman–Crippen LogP) is 1.65. The third-order valence-corrected chi connectivity index (χ3v) is 2.96. The lowest BCUT2D eigenvalue weighted by molar-refractivity contribution is 0.941. The SMILES string of the molecule is C=CCNC(=S)N/N=C\c1cccc(/C=N\NC(=S)NCC=C)c1. The summed E-state index contributed by atoms with van der Waals surface area (Å²) in [4.78, 5) is 0. The predicted molar refractivity (Wildman–Crippen MR) is 109 cm³/mol. The van der Waals surface area contributed by atoms with Gasteiger partial charge in [0.25, 0.3) is 0 Å². The molecule has 1 aromatic carbocycles. The number of hydrogen-bond acceptors (Lipinski definition) is 4. The monoisotopic (exact) mass is 360 g/mol. The van der Waals surface area contributed by atoms with E-state index in [9.17, 15) is 0 Å². The third-order valence-electron chi connectivity index (χ3n) is 2.48. The maximum atomic E-state index is 5.04. The molecule has 4 N–H and O–H groups in total. The van der Waals surface area contributed by atoms with Gasteiger partial charge in [-0.05, 0) is 41.6 Å². The molecule has 0 aliphatic heterocycles. The van der Waals surface area contributed by atoms with Crippen LogP contribution in [0.25, 0.3) is 0 Å². The number of benzene rings is 1. The highest BCUT2D eigenvalue weighted by Crippen LogP contribution is 2.00. The number of hydrazone groups is 2. The summed E-state index contributed by atoms with van der Waals surface area (Å²) in [5.74, 6) is 0. The first-order chi connectivity index (χ1) is 11.7. The molecule has 0 radical (unpaired) electrons. The first-order valence-corrected chi connectivity index (χ1v) is 7.93. The van der Waals surface area contributed by atoms with Crippen LogP contribution in [-0.4, -0.2) is 35.7 Å². The van der Waals surface area contributed by atoms with Crippen LogP contribution in [0.15, 0.2) is 59.8 Å². The molecule has 0 heterocycles. The van der Waals surface area contributed by atoms with Crippen LogP contribution in [0.5, 0.6) is 0 Å². The van der Waals surface area contributed by atoms with Crippen molar-refractivity contribution in [1.82, 2.24) is 21.5 Å². The van der Waals surface area contributed by atoms with Crippen molar-refractivity contribution in [3.8, 4) is 0 Å². The lowest BCUT2D eigenvalue weighted by atomic mass is 10.1. The maximum absolute atomic E-state index is 5.04. The molecule has 0 unspecified atom stereocenters. The number of thiocarbonyl (C=S) groups is 2. The van der Waals surface area contributed by atoms with E-state index in [1.165, 1.54) is 0 Å². The molecule has 24 heavy (non-hydrogen) atoms. The quantitative estimate of drug-likeness (QED) is 0.245. The van der Waals surface area contributed by atoms with Crippen molar-refractivity contribution >= 4 is 47.1 Å². The van der Waals surface area contributed by atoms with Crippen LogP contribution in [0.4, 0.5) is 0 Å². The zero-order chi connectivity index (χ0) is 17.6. The van der Waals surface area contributed by atoms with E-state index in [1.54, 1.807) is 24.6 Å². The lowest BCUT2D eigenvalue weighted by Gasteiger charge is -2.04. The summed E-state index contributed by atoms with van der Waals surface area (Å²) in [5, 5.41) is 14.8. The Labute approximate surface area is 152 Å². The van der Waals surface area contributed by atoms with E-state index in [0.29, 0.717) is 23.3 Å². The van der Waals surface area contributed by atoms with Gasteiger partial charge < -0.3 is 10.6 Å². The highest BCUT2D eigenvalue weighted by atomic mass is 32.1. The zero-order valence-corrected chi connectivity index (χ0v) is 14.8. The Bertz CT molecular complexity index is 588. The highest BCUT2D eigenvalue weighted by Gasteiger charge is 1.93. The fourth-order valence-electron chi connectivity index (χ4n) is 1.46. The van der Waals surface area contributed by atoms with Gasteiger partial charge in [0.05, 0.1) is 12.4 Å². The van der Waals surface area contributed by atoms with Crippen molar-refractivity contribution in [2.24, 2.45) is 10.2 Å². The van der Waals surface area contributed by atoms with E-state index in [4.69, 9.17) is 24.4 Å². The molecular weight excluding hydrogens is 340 g/mol. The van der Waals surface area contributed by atoms with Crippen molar-refractivity contribution in [2.75, 3.05) is 13.1 Å². The summed E-state index contributed by atoms with van der Waals surface area (Å²) in [7, 11) is 0. The van der Waals surface area contributed by atoms with E-state index >= 15 is 0 Å². The van der Waals surface area contributed by atoms with Gasteiger partial charge in [-0.1, -0.05) is 30.4 Å². The minimum atomic E-state index is 0.439. The van der Waals surface area contributed by atoms with Gasteiger partial charge >= 0.3 is 0 Å². The third kappa shape index (κ3) is 8.76. The van der Waals surface area contributed by atoms with Gasteiger partial charge in [-0.15, -0.1) is 13.2 Å². The second-order valence-electron chi connectivity index (χ2n) is 4.41. The summed E-state index contributed by atoms with van der Waals surface area (Å²) in [6, 6.07) is 7.68. The molecule has 6 nitrogen and oxygen atoms in total. The fourth-order valence-corrected chi connectivity index (χ4v) is 1.73. The van der Waals surface area contributed by atoms with Crippen molar-refractivity contribution in [3.05, 3.63) is 60.7 Å². The fraction of sp³-hybridized carbons (Fsp3) is 0.125. The topological polar surface area (TPSA) is 72.8 Å². The Morgan fingerprint density at radius 2 is 1.38 bits per heavy atom. The molecule has 126 valence electrons. The molecule has 0 atom stereocenters. The maximum Gasteiger partial charge on any atom is 0.187 e. The number of nitrogens with zero attached hydrogens (tertiary/aromatic N) is 2. The second-order valence-corrected chi connectivity index (χ2v) is 5.22. The Hall–Kier alpha value is -2.58. The van der Waals surface area contributed by atoms with Gasteiger partial charge in [0.1, 0.15) is 0 Å². The molecule has 0 aromatic heterocycles. The van der Waals surface area contributed by atoms with E-state index < -0.39 is 0 Å². The molecule has 1 rings (SSSR count). The van der Waals surface area contributed by atoms with Gasteiger partial charge in [-0.3, -0.25) is 10.9 Å². The van der Waals surface area contributed by atoms with Crippen LogP contribution in [0, 0.1) is 0 Å². The molecule has 0 aliphatic carbocycles. The summed E-state index contributed by atoms with van der Waals surface area (Å²) in [6.07, 6.45) is 6.77. The van der Waals surface area contributed by atoms with Crippen LogP contribution in [-0.2, 0) is 0 Å². The smallest absolute Gasteiger partial charge is 0.187 e. The second kappa shape index (κ2) is 11.9. The van der Waals surface area contributed by atoms with Crippen LogP contribution in [0.3, 0.4) is 0 Å². The van der Waals surface area contributed by atoms with Crippen LogP contribution >= 0.6 is 24.4 Å². The van der Waals surface area contributed by atoms with Gasteiger partial charge in [0.2, 0.25) is 0 Å². The van der Waals surface area contributed by atoms with Gasteiger partial charge in [-0.25, -0.2) is 0 Å². The normalized spacial score (nSPS) is 10.3. The molecule has 8 heteroatoms. The molecule has 0 fully saturated rings. The Kier molecular flexibility index (Phi) is 9.67. The van der Waals surface area contributed by atoms with Crippen molar-refractivity contribution < 1.29 is 0 Å². The van der Waals surface area contributed by atoms with Gasteiger partial charge in [0.15, 0.2) is 10.2 Å². The van der Waals surface area contributed by atoms with Crippen LogP contribution < -0.4 is 21.5 Å². The Morgan fingerprint density at radius 1 is 0.917 bits per heavy atom. The number of rotatable bonds is 8. The van der Waals surface area contributed by atoms with E-state index in [1.807, 2.05) is 24.3 Å². The molecule has 0 saturated carbocycles. The average molecular weight is 361 g/mol. The molecular formula is C16H20N6S2. The Balaban J connectivity index is 2.51. The zero-order valence-electron chi connectivity index (χ0n) is 13.2. The van der Waals surface area contributed by atoms with Gasteiger partial charge in [0, 0.05) is 13.1 Å². The highest BCUT2D eigenvalue weighted by molar-refractivity contribution is 7.80. The molecule has 0 saturated heterocycles. The van der Waals surface area contributed by atoms with Crippen LogP contribution in [0.2, 0.25) is 0 Å². The molecule has 0 amide bonds. The summed E-state index contributed by atoms with van der Waals surface area (Å²) < 4.78 is 0. The Morgan fingerprint density at radius 3 is 1.79 bits per heavy atom. The molecule has 0 spiro atoms. The standard InChI is InChI=1S/C16H20N6S2/c1-3-8-17-15(23)21-19-11-13-6-5-7-14(10-13)12-20-22-16(24)18-9-4-2/h3-7,10-12H,1-2,8-9H2,(H2,17,21,23)(H2,18,22,24)/b19-11-,20-12-. The average Bonchev–Trinajstić information content (AvgIpc) is 2.58. The van der Waals surface area contributed by atoms with E-state index in [2.05, 4.69) is 44.8 Å². The van der Waals surface area contributed by atoms with Crippen molar-refractivity contribution in [2.45, 2.75) is 0 Å². The molecule has 0 aliphatic rings. The van der Waals surface area contributed by atoms with Gasteiger partial charge in [-0.2, -0.15) is 10.2 Å². The van der Waals surface area contributed by atoms with E-state index in [0.717, 1.165) is 11.1 Å². The molecule has 0 bridgehead atoms. The number of hydrogen-bond donors (Lipinski definition) is 4. The minimum absolute atomic E-state index is 0.439. The van der Waals surface area contributed by atoms with Crippen molar-refractivity contribution in [3.63, 3.8) is 0 Å². The van der Waals surface area contributed by atoms with E-state index in [-0.39, 0.29) is 0 Å².